The van der Waals surface area contributed by atoms with E-state index >= 15 is 0 Å². The highest BCUT2D eigenvalue weighted by Gasteiger charge is 2.08. The lowest BCUT2D eigenvalue weighted by Crippen LogP contribution is -2.09. The van der Waals surface area contributed by atoms with Gasteiger partial charge in [-0.2, -0.15) is 0 Å². The molecule has 0 aromatic heterocycles. The minimum absolute atomic E-state index is 0.0982. The molecule has 2 rings (SSSR count). The topological polar surface area (TPSA) is 35.2 Å². The maximum absolute atomic E-state index is 13.8. The summed E-state index contributed by atoms with van der Waals surface area (Å²) in [5.74, 6) is -0.436. The predicted octanol–water partition coefficient (Wildman–Crippen LogP) is 4.35. The van der Waals surface area contributed by atoms with Crippen molar-refractivity contribution in [1.29, 1.82) is 0 Å². The second kappa shape index (κ2) is 6.39. The molecule has 0 atom stereocenters. The third-order valence-electron chi connectivity index (χ3n) is 2.61. The van der Waals surface area contributed by atoms with Crippen LogP contribution in [0.3, 0.4) is 0 Å². The zero-order valence-electron chi connectivity index (χ0n) is 10.2. The lowest BCUT2D eigenvalue weighted by atomic mass is 10.2. The van der Waals surface area contributed by atoms with Crippen LogP contribution in [0.4, 0.5) is 4.39 Å². The van der Waals surface area contributed by atoms with Crippen LogP contribution in [0, 0.1) is 5.82 Å². The molecule has 0 heterocycles. The van der Waals surface area contributed by atoms with Crippen LogP contribution < -0.4 is 10.5 Å². The van der Waals surface area contributed by atoms with Gasteiger partial charge in [0.1, 0.15) is 11.6 Å². The summed E-state index contributed by atoms with van der Waals surface area (Å²) in [6, 6.07) is 9.31. The highest BCUT2D eigenvalue weighted by atomic mass is 35.5. The number of rotatable bonds is 4. The van der Waals surface area contributed by atoms with Crippen LogP contribution in [0.5, 0.6) is 5.75 Å². The Morgan fingerprint density at radius 2 is 1.95 bits per heavy atom. The van der Waals surface area contributed by atoms with E-state index in [2.05, 4.69) is 0 Å². The van der Waals surface area contributed by atoms with Gasteiger partial charge in [-0.3, -0.25) is 0 Å². The smallest absolute Gasteiger partial charge is 0.165 e. The van der Waals surface area contributed by atoms with Crippen molar-refractivity contribution < 1.29 is 9.13 Å². The van der Waals surface area contributed by atoms with E-state index in [-0.39, 0.29) is 17.3 Å². The number of nitrogens with two attached hydrogens (primary N) is 1. The average Bonchev–Trinajstić information content (AvgIpc) is 2.40. The summed E-state index contributed by atoms with van der Waals surface area (Å²) in [6.45, 7) is 0.114. The molecule has 2 aromatic carbocycles. The van der Waals surface area contributed by atoms with Gasteiger partial charge in [0.25, 0.3) is 0 Å². The van der Waals surface area contributed by atoms with E-state index in [1.165, 1.54) is 12.1 Å². The Morgan fingerprint density at radius 1 is 1.20 bits per heavy atom. The molecule has 20 heavy (non-hydrogen) atoms. The summed E-state index contributed by atoms with van der Waals surface area (Å²) in [4.78, 5) is 0.133. The molecule has 0 spiro atoms. The largest absolute Gasteiger partial charge is 0.486 e. The van der Waals surface area contributed by atoms with Crippen LogP contribution in [0.15, 0.2) is 36.4 Å². The Labute approximate surface area is 131 Å². The Balaban J connectivity index is 2.15. The number of thiocarbonyl (C=S) groups is 1. The number of benzene rings is 2. The van der Waals surface area contributed by atoms with Gasteiger partial charge in [0.2, 0.25) is 0 Å². The molecule has 104 valence electrons. The van der Waals surface area contributed by atoms with Gasteiger partial charge < -0.3 is 10.5 Å². The molecular weight excluding hydrogens is 320 g/mol. The molecule has 2 N–H and O–H groups in total. The van der Waals surface area contributed by atoms with Gasteiger partial charge in [-0.1, -0.05) is 35.4 Å². The molecule has 0 saturated carbocycles. The van der Waals surface area contributed by atoms with Crippen molar-refractivity contribution in [2.75, 3.05) is 0 Å². The van der Waals surface area contributed by atoms with Crippen molar-refractivity contribution in [3.05, 3.63) is 63.4 Å². The Hall–Kier alpha value is -1.36. The van der Waals surface area contributed by atoms with Gasteiger partial charge >= 0.3 is 0 Å². The highest BCUT2D eigenvalue weighted by Crippen LogP contribution is 2.24. The SMILES string of the molecule is NC(=S)c1ccc(OCc2cc(Cl)ccc2Cl)c(F)c1. The van der Waals surface area contributed by atoms with E-state index < -0.39 is 5.82 Å². The van der Waals surface area contributed by atoms with Crippen LogP contribution in [0.25, 0.3) is 0 Å². The summed E-state index contributed by atoms with van der Waals surface area (Å²) in [6.07, 6.45) is 0. The van der Waals surface area contributed by atoms with E-state index in [0.717, 1.165) is 0 Å². The maximum Gasteiger partial charge on any atom is 0.165 e. The molecule has 2 aromatic rings. The zero-order chi connectivity index (χ0) is 14.7. The fraction of sp³-hybridized carbons (Fsp3) is 0.0714. The van der Waals surface area contributed by atoms with Crippen molar-refractivity contribution >= 4 is 40.4 Å². The summed E-state index contributed by atoms with van der Waals surface area (Å²) in [5.41, 5.74) is 6.55. The molecule has 0 amide bonds. The first-order valence-electron chi connectivity index (χ1n) is 5.63. The van der Waals surface area contributed by atoms with Crippen molar-refractivity contribution in [2.45, 2.75) is 6.61 Å². The lowest BCUT2D eigenvalue weighted by molar-refractivity contribution is 0.290. The number of hydrogen-bond donors (Lipinski definition) is 1. The van der Waals surface area contributed by atoms with E-state index in [1.807, 2.05) is 0 Å². The average molecular weight is 330 g/mol. The standard InChI is InChI=1S/C14H10Cl2FNOS/c15-10-2-3-11(16)9(5-10)7-19-13-4-1-8(14(18)20)6-12(13)17/h1-6H,7H2,(H2,18,20). The number of ether oxygens (including phenoxy) is 1. The van der Waals surface area contributed by atoms with E-state index in [0.29, 0.717) is 21.2 Å². The first-order valence-corrected chi connectivity index (χ1v) is 6.80. The molecule has 0 aliphatic rings. The summed E-state index contributed by atoms with van der Waals surface area (Å²) in [7, 11) is 0. The molecule has 6 heteroatoms. The number of halogens is 3. The highest BCUT2D eigenvalue weighted by molar-refractivity contribution is 7.80. The van der Waals surface area contributed by atoms with E-state index in [9.17, 15) is 4.39 Å². The van der Waals surface area contributed by atoms with Crippen LogP contribution in [-0.4, -0.2) is 4.99 Å². The van der Waals surface area contributed by atoms with Gasteiger partial charge in [-0.05, 0) is 36.4 Å². The fourth-order valence-corrected chi connectivity index (χ4v) is 2.07. The maximum atomic E-state index is 13.8. The first-order chi connectivity index (χ1) is 9.47. The van der Waals surface area contributed by atoms with Crippen LogP contribution in [0.1, 0.15) is 11.1 Å². The van der Waals surface area contributed by atoms with Crippen molar-refractivity contribution in [2.24, 2.45) is 5.73 Å². The minimum atomic E-state index is -0.534. The van der Waals surface area contributed by atoms with Crippen molar-refractivity contribution in [3.63, 3.8) is 0 Å². The summed E-state index contributed by atoms with van der Waals surface area (Å²) >= 11 is 16.6. The predicted molar refractivity (Wildman–Crippen MR) is 83.1 cm³/mol. The van der Waals surface area contributed by atoms with E-state index in [4.69, 9.17) is 45.9 Å². The third-order valence-corrected chi connectivity index (χ3v) is 3.45. The molecule has 0 unspecified atom stereocenters. The lowest BCUT2D eigenvalue weighted by Gasteiger charge is -2.10. The van der Waals surface area contributed by atoms with Gasteiger partial charge in [-0.25, -0.2) is 4.39 Å². The van der Waals surface area contributed by atoms with Crippen molar-refractivity contribution in [1.82, 2.24) is 0 Å². The minimum Gasteiger partial charge on any atom is -0.486 e. The summed E-state index contributed by atoms with van der Waals surface area (Å²) < 4.78 is 19.2. The van der Waals surface area contributed by atoms with E-state index in [1.54, 1.807) is 24.3 Å². The molecule has 0 fully saturated rings. The Kier molecular flexibility index (Phi) is 4.81. The third kappa shape index (κ3) is 3.60. The monoisotopic (exact) mass is 329 g/mol. The fourth-order valence-electron chi connectivity index (χ4n) is 1.58. The van der Waals surface area contributed by atoms with Gasteiger partial charge in [0.05, 0.1) is 0 Å². The Bertz CT molecular complexity index is 664. The van der Waals surface area contributed by atoms with Gasteiger partial charge in [0.15, 0.2) is 11.6 Å². The molecule has 2 nitrogen and oxygen atoms in total. The van der Waals surface area contributed by atoms with Crippen LogP contribution in [0.2, 0.25) is 10.0 Å². The number of hydrogen-bond acceptors (Lipinski definition) is 2. The molecule has 0 saturated heterocycles. The molecule has 0 radical (unpaired) electrons. The van der Waals surface area contributed by atoms with Gasteiger partial charge in [0, 0.05) is 21.2 Å². The second-order valence-corrected chi connectivity index (χ2v) is 5.32. The van der Waals surface area contributed by atoms with Crippen molar-refractivity contribution in [3.8, 4) is 5.75 Å². The Morgan fingerprint density at radius 3 is 2.60 bits per heavy atom. The molecule has 0 bridgehead atoms. The summed E-state index contributed by atoms with van der Waals surface area (Å²) in [5, 5.41) is 1.05. The van der Waals surface area contributed by atoms with Gasteiger partial charge in [-0.15, -0.1) is 0 Å². The normalized spacial score (nSPS) is 10.3. The molecular formula is C14H10Cl2FNOS. The first kappa shape index (κ1) is 15.0. The zero-order valence-corrected chi connectivity index (χ0v) is 12.5. The molecule has 0 aliphatic carbocycles. The quantitative estimate of drug-likeness (QED) is 0.847. The second-order valence-electron chi connectivity index (χ2n) is 4.03. The van der Waals surface area contributed by atoms with Crippen LogP contribution in [-0.2, 0) is 6.61 Å². The molecule has 0 aliphatic heterocycles. The van der Waals surface area contributed by atoms with Crippen LogP contribution >= 0.6 is 35.4 Å².